The third kappa shape index (κ3) is 8.85. The molecule has 0 radical (unpaired) electrons. The zero-order valence-electron chi connectivity index (χ0n) is 11.3. The highest BCUT2D eigenvalue weighted by atomic mass is 16.5. The zero-order chi connectivity index (χ0) is 11.9. The van der Waals surface area contributed by atoms with Crippen molar-refractivity contribution in [3.8, 4) is 0 Å². The molecule has 0 aromatic carbocycles. The van der Waals surface area contributed by atoms with Gasteiger partial charge in [0, 0.05) is 13.2 Å². The van der Waals surface area contributed by atoms with Crippen molar-refractivity contribution < 1.29 is 4.74 Å². The fourth-order valence-corrected chi connectivity index (χ4v) is 1.64. The predicted molar refractivity (Wildman–Crippen MR) is 66.3 cm³/mol. The van der Waals surface area contributed by atoms with Gasteiger partial charge in [-0.05, 0) is 60.8 Å². The van der Waals surface area contributed by atoms with Gasteiger partial charge >= 0.3 is 0 Å². The molecule has 0 aromatic rings. The molecule has 0 amide bonds. The fraction of sp³-hybridized carbons (Fsp3) is 1.00. The number of hydrogen-bond donors (Lipinski definition) is 1. The van der Waals surface area contributed by atoms with Crippen molar-refractivity contribution in [1.82, 2.24) is 10.2 Å². The first-order valence-corrected chi connectivity index (χ1v) is 5.80. The third-order valence-corrected chi connectivity index (χ3v) is 2.63. The predicted octanol–water partition coefficient (Wildman–Crippen LogP) is 1.73. The van der Waals surface area contributed by atoms with Gasteiger partial charge in [0.15, 0.2) is 0 Å². The Bertz CT molecular complexity index is 158. The van der Waals surface area contributed by atoms with Gasteiger partial charge in [-0.3, -0.25) is 0 Å². The van der Waals surface area contributed by atoms with Gasteiger partial charge < -0.3 is 15.0 Å². The Balaban J connectivity index is 3.53. The van der Waals surface area contributed by atoms with E-state index in [9.17, 15) is 0 Å². The number of methoxy groups -OCH3 is 1. The van der Waals surface area contributed by atoms with Crippen molar-refractivity contribution >= 4 is 0 Å². The Morgan fingerprint density at radius 2 is 1.93 bits per heavy atom. The van der Waals surface area contributed by atoms with E-state index in [4.69, 9.17) is 4.74 Å². The lowest BCUT2D eigenvalue weighted by Crippen LogP contribution is -2.36. The molecule has 0 bridgehead atoms. The Morgan fingerprint density at radius 1 is 1.33 bits per heavy atom. The second-order valence-corrected chi connectivity index (χ2v) is 5.18. The summed E-state index contributed by atoms with van der Waals surface area (Å²) in [5.74, 6) is 0. The summed E-state index contributed by atoms with van der Waals surface area (Å²) in [6.45, 7) is 8.71. The Labute approximate surface area is 95.2 Å². The molecule has 15 heavy (non-hydrogen) atoms. The molecule has 1 N–H and O–H groups in total. The third-order valence-electron chi connectivity index (χ3n) is 2.63. The molecule has 0 heterocycles. The molecule has 3 heteroatoms. The van der Waals surface area contributed by atoms with Gasteiger partial charge in [-0.2, -0.15) is 0 Å². The molecule has 0 saturated carbocycles. The van der Waals surface area contributed by atoms with Crippen LogP contribution in [-0.2, 0) is 4.74 Å². The van der Waals surface area contributed by atoms with E-state index in [1.807, 2.05) is 0 Å². The van der Waals surface area contributed by atoms with E-state index in [2.05, 4.69) is 45.1 Å². The molecular weight excluding hydrogens is 188 g/mol. The van der Waals surface area contributed by atoms with Gasteiger partial charge in [-0.25, -0.2) is 0 Å². The summed E-state index contributed by atoms with van der Waals surface area (Å²) >= 11 is 0. The lowest BCUT2D eigenvalue weighted by atomic mass is 10.00. The normalized spacial score (nSPS) is 14.6. The van der Waals surface area contributed by atoms with E-state index in [1.165, 1.54) is 6.42 Å². The van der Waals surface area contributed by atoms with Gasteiger partial charge in [-0.15, -0.1) is 0 Å². The number of nitrogens with one attached hydrogen (secondary N) is 1. The van der Waals surface area contributed by atoms with Crippen LogP contribution in [-0.4, -0.2) is 50.8 Å². The molecule has 0 aliphatic carbocycles. The minimum Gasteiger partial charge on any atom is -0.379 e. The Morgan fingerprint density at radius 3 is 2.40 bits per heavy atom. The summed E-state index contributed by atoms with van der Waals surface area (Å²) in [5, 5.41) is 3.52. The monoisotopic (exact) mass is 216 g/mol. The highest BCUT2D eigenvalue weighted by Crippen LogP contribution is 2.15. The van der Waals surface area contributed by atoms with Crippen molar-refractivity contribution in [2.24, 2.45) is 0 Å². The molecule has 0 saturated heterocycles. The number of hydrogen-bond acceptors (Lipinski definition) is 3. The molecule has 0 aromatic heterocycles. The minimum atomic E-state index is -0.0199. The SMILES string of the molecule is COC(C)(C)C[C@@H](C)NCCCN(C)C. The summed E-state index contributed by atoms with van der Waals surface area (Å²) in [6.07, 6.45) is 2.25. The highest BCUT2D eigenvalue weighted by Gasteiger charge is 2.19. The van der Waals surface area contributed by atoms with Gasteiger partial charge in [0.05, 0.1) is 5.60 Å². The first-order chi connectivity index (χ1) is 6.87. The second kappa shape index (κ2) is 7.20. The maximum atomic E-state index is 5.40. The Kier molecular flexibility index (Phi) is 7.14. The van der Waals surface area contributed by atoms with Crippen LogP contribution in [0.4, 0.5) is 0 Å². The first-order valence-electron chi connectivity index (χ1n) is 5.80. The van der Waals surface area contributed by atoms with E-state index < -0.39 is 0 Å². The molecule has 0 spiro atoms. The molecule has 0 fully saturated rings. The topological polar surface area (TPSA) is 24.5 Å². The van der Waals surface area contributed by atoms with Crippen LogP contribution >= 0.6 is 0 Å². The lowest BCUT2D eigenvalue weighted by Gasteiger charge is -2.27. The maximum absolute atomic E-state index is 5.40. The maximum Gasteiger partial charge on any atom is 0.0637 e. The van der Waals surface area contributed by atoms with Crippen LogP contribution in [0.25, 0.3) is 0 Å². The van der Waals surface area contributed by atoms with Gasteiger partial charge in [-0.1, -0.05) is 0 Å². The lowest BCUT2D eigenvalue weighted by molar-refractivity contribution is 0.00858. The smallest absolute Gasteiger partial charge is 0.0637 e. The van der Waals surface area contributed by atoms with Gasteiger partial charge in [0.2, 0.25) is 0 Å². The average molecular weight is 216 g/mol. The van der Waals surface area contributed by atoms with Crippen LogP contribution in [0, 0.1) is 0 Å². The molecular formula is C12H28N2O. The van der Waals surface area contributed by atoms with Gasteiger partial charge in [0.1, 0.15) is 0 Å². The van der Waals surface area contributed by atoms with Crippen LogP contribution < -0.4 is 5.32 Å². The van der Waals surface area contributed by atoms with E-state index in [0.717, 1.165) is 19.5 Å². The summed E-state index contributed by atoms with van der Waals surface area (Å²) in [4.78, 5) is 2.21. The van der Waals surface area contributed by atoms with Crippen LogP contribution in [0.15, 0.2) is 0 Å². The van der Waals surface area contributed by atoms with Crippen LogP contribution in [0.2, 0.25) is 0 Å². The van der Waals surface area contributed by atoms with Crippen molar-refractivity contribution in [3.63, 3.8) is 0 Å². The van der Waals surface area contributed by atoms with E-state index in [-0.39, 0.29) is 5.60 Å². The zero-order valence-corrected chi connectivity index (χ0v) is 11.3. The molecule has 0 unspecified atom stereocenters. The number of rotatable bonds is 8. The summed E-state index contributed by atoms with van der Waals surface area (Å²) in [7, 11) is 5.99. The van der Waals surface area contributed by atoms with Crippen molar-refractivity contribution in [2.45, 2.75) is 45.3 Å². The quantitative estimate of drug-likeness (QED) is 0.625. The summed E-state index contributed by atoms with van der Waals surface area (Å²) in [5.41, 5.74) is -0.0199. The average Bonchev–Trinajstić information content (AvgIpc) is 2.11. The molecule has 3 nitrogen and oxygen atoms in total. The van der Waals surface area contributed by atoms with Crippen LogP contribution in [0.5, 0.6) is 0 Å². The van der Waals surface area contributed by atoms with E-state index >= 15 is 0 Å². The largest absolute Gasteiger partial charge is 0.379 e. The van der Waals surface area contributed by atoms with Crippen LogP contribution in [0.3, 0.4) is 0 Å². The molecule has 1 atom stereocenters. The van der Waals surface area contributed by atoms with Gasteiger partial charge in [0.25, 0.3) is 0 Å². The van der Waals surface area contributed by atoms with Crippen molar-refractivity contribution in [2.75, 3.05) is 34.3 Å². The standard InChI is InChI=1S/C12H28N2O/c1-11(10-12(2,3)15-6)13-8-7-9-14(4)5/h11,13H,7-10H2,1-6H3/t11-/m1/s1. The molecule has 0 aliphatic heterocycles. The first kappa shape index (κ1) is 14.9. The summed E-state index contributed by atoms with van der Waals surface area (Å²) in [6, 6.07) is 0.516. The van der Waals surface area contributed by atoms with E-state index in [0.29, 0.717) is 6.04 Å². The Hall–Kier alpha value is -0.120. The van der Waals surface area contributed by atoms with Crippen LogP contribution in [0.1, 0.15) is 33.6 Å². The number of nitrogens with zero attached hydrogens (tertiary/aromatic N) is 1. The van der Waals surface area contributed by atoms with E-state index in [1.54, 1.807) is 7.11 Å². The number of ether oxygens (including phenoxy) is 1. The fourth-order valence-electron chi connectivity index (χ4n) is 1.64. The van der Waals surface area contributed by atoms with Crippen molar-refractivity contribution in [1.29, 1.82) is 0 Å². The summed E-state index contributed by atoms with van der Waals surface area (Å²) < 4.78 is 5.40. The molecule has 0 aliphatic rings. The molecule has 92 valence electrons. The van der Waals surface area contributed by atoms with Crippen molar-refractivity contribution in [3.05, 3.63) is 0 Å². The minimum absolute atomic E-state index is 0.0199. The highest BCUT2D eigenvalue weighted by molar-refractivity contribution is 4.75. The second-order valence-electron chi connectivity index (χ2n) is 5.18. The molecule has 0 rings (SSSR count).